The summed E-state index contributed by atoms with van der Waals surface area (Å²) < 4.78 is 66.2. The van der Waals surface area contributed by atoms with E-state index in [0.29, 0.717) is 10.8 Å². The largest absolute Gasteiger partial charge is 0.392 e. The average Bonchev–Trinajstić information content (AvgIpc) is 2.95. The summed E-state index contributed by atoms with van der Waals surface area (Å²) in [7, 11) is -9.07. The highest BCUT2D eigenvalue weighted by Gasteiger charge is 2.17. The third-order valence-electron chi connectivity index (χ3n) is 6.34. The van der Waals surface area contributed by atoms with Crippen molar-refractivity contribution in [2.24, 2.45) is 10.2 Å². The van der Waals surface area contributed by atoms with Crippen molar-refractivity contribution in [2.75, 3.05) is 10.9 Å². The number of nitrogens with one attached hydrogen (secondary N) is 2. The van der Waals surface area contributed by atoms with Crippen LogP contribution in [0.25, 0.3) is 21.5 Å². The molecule has 5 rings (SSSR count). The van der Waals surface area contributed by atoms with Crippen LogP contribution in [0.5, 0.6) is 0 Å². The molecule has 0 aliphatic carbocycles. The van der Waals surface area contributed by atoms with Crippen molar-refractivity contribution in [1.29, 1.82) is 0 Å². The highest BCUT2D eigenvalue weighted by atomic mass is 32.2. The molecule has 0 atom stereocenters. The summed E-state index contributed by atoms with van der Waals surface area (Å²) >= 11 is 0. The van der Waals surface area contributed by atoms with E-state index in [2.05, 4.69) is 21.1 Å². The Morgan fingerprint density at radius 1 is 0.619 bits per heavy atom. The van der Waals surface area contributed by atoms with E-state index in [1.807, 2.05) is 0 Å². The van der Waals surface area contributed by atoms with E-state index in [1.54, 1.807) is 36.4 Å². The van der Waals surface area contributed by atoms with Gasteiger partial charge in [-0.25, -0.2) is 0 Å². The fourth-order valence-electron chi connectivity index (χ4n) is 4.40. The molecule has 5 aromatic rings. The van der Waals surface area contributed by atoms with Gasteiger partial charge in [0.2, 0.25) is 10.9 Å². The van der Waals surface area contributed by atoms with Gasteiger partial charge in [-0.2, -0.15) is 27.0 Å². The number of benzene rings is 5. The molecule has 0 aliphatic heterocycles. The van der Waals surface area contributed by atoms with Crippen LogP contribution in [-0.4, -0.2) is 31.0 Å². The zero-order chi connectivity index (χ0) is 30.2. The molecule has 0 unspecified atom stereocenters. The SMILES string of the molecule is O=c1c(CO)c/c(=N/Nc2ccc(S(=O)(=O)O)c3ccccc23)c(=O)/c1=N/Nc1ccc(S(=O)(=O)O)c2ccccc12. The number of hydrogen-bond donors (Lipinski definition) is 5. The Morgan fingerprint density at radius 3 is 1.52 bits per heavy atom. The molecule has 0 aliphatic rings. The number of fused-ring (bicyclic) bond motifs is 2. The molecule has 5 aromatic carbocycles. The van der Waals surface area contributed by atoms with E-state index in [0.717, 1.165) is 18.2 Å². The summed E-state index contributed by atoms with van der Waals surface area (Å²) in [5.74, 6) is 0. The van der Waals surface area contributed by atoms with Crippen molar-refractivity contribution in [3.05, 3.63) is 116 Å². The quantitative estimate of drug-likeness (QED) is 0.132. The normalized spacial score (nSPS) is 13.1. The smallest absolute Gasteiger partial charge is 0.295 e. The summed E-state index contributed by atoms with van der Waals surface area (Å²) in [5.41, 5.74) is 3.78. The van der Waals surface area contributed by atoms with Crippen molar-refractivity contribution in [2.45, 2.75) is 16.4 Å². The van der Waals surface area contributed by atoms with Gasteiger partial charge in [0.25, 0.3) is 20.2 Å². The second-order valence-electron chi connectivity index (χ2n) is 8.93. The van der Waals surface area contributed by atoms with E-state index in [9.17, 15) is 40.6 Å². The summed E-state index contributed by atoms with van der Waals surface area (Å²) in [6.07, 6.45) is 0. The molecule has 0 radical (unpaired) electrons. The first-order valence-electron chi connectivity index (χ1n) is 12.0. The molecule has 5 N–H and O–H groups in total. The molecule has 15 heteroatoms. The standard InChI is InChI=1S/C27H20N4O9S2/c32-14-15-13-22(30-28-20-9-11-23(41(35,36)37)18-7-3-1-5-16(18)20)27(34)25(26(15)33)31-29-21-10-12-24(42(38,39)40)19-8-4-2-6-17(19)21/h1-13,28-29,32H,14H2,(H,35,36,37)(H,38,39,40)/b30-22-,31-25+. The molecule has 42 heavy (non-hydrogen) atoms. The molecule has 0 saturated carbocycles. The molecule has 0 amide bonds. The van der Waals surface area contributed by atoms with Crippen LogP contribution in [-0.2, 0) is 26.8 Å². The molecule has 0 bridgehead atoms. The van der Waals surface area contributed by atoms with Crippen molar-refractivity contribution in [3.8, 4) is 0 Å². The minimum Gasteiger partial charge on any atom is -0.392 e. The van der Waals surface area contributed by atoms with Gasteiger partial charge in [0.1, 0.15) is 15.1 Å². The third-order valence-corrected chi connectivity index (χ3v) is 8.17. The van der Waals surface area contributed by atoms with E-state index in [-0.39, 0.29) is 42.9 Å². The Kier molecular flexibility index (Phi) is 7.44. The maximum absolute atomic E-state index is 13.2. The van der Waals surface area contributed by atoms with Gasteiger partial charge >= 0.3 is 0 Å². The fraction of sp³-hybridized carbons (Fsp3) is 0.0370. The first kappa shape index (κ1) is 28.7. The molecule has 0 saturated heterocycles. The van der Waals surface area contributed by atoms with Gasteiger partial charge in [-0.05, 0) is 30.3 Å². The molecule has 0 heterocycles. The van der Waals surface area contributed by atoms with Crippen molar-refractivity contribution in [3.63, 3.8) is 0 Å². The summed E-state index contributed by atoms with van der Waals surface area (Å²) in [6, 6.07) is 18.5. The zero-order valence-electron chi connectivity index (χ0n) is 21.2. The van der Waals surface area contributed by atoms with Crippen molar-refractivity contribution < 1.29 is 31.0 Å². The Labute approximate surface area is 236 Å². The van der Waals surface area contributed by atoms with Gasteiger partial charge in [0.15, 0.2) is 5.36 Å². The number of anilines is 2. The summed E-state index contributed by atoms with van der Waals surface area (Å²) in [4.78, 5) is 25.4. The first-order valence-corrected chi connectivity index (χ1v) is 14.8. The highest BCUT2D eigenvalue weighted by molar-refractivity contribution is 7.86. The molecular formula is C27H20N4O9S2. The van der Waals surface area contributed by atoms with Gasteiger partial charge in [-0.1, -0.05) is 48.5 Å². The van der Waals surface area contributed by atoms with E-state index in [4.69, 9.17) is 0 Å². The Hall–Kier alpha value is -4.80. The average molecular weight is 609 g/mol. The van der Waals surface area contributed by atoms with Crippen LogP contribution in [0.3, 0.4) is 0 Å². The van der Waals surface area contributed by atoms with Crippen LogP contribution in [0.1, 0.15) is 5.56 Å². The molecule has 0 aromatic heterocycles. The Balaban J connectivity index is 1.62. The number of aliphatic hydroxyl groups excluding tert-OH is 1. The topological polar surface area (TPSA) is 212 Å². The number of nitrogens with zero attached hydrogens (tertiary/aromatic N) is 2. The van der Waals surface area contributed by atoms with Crippen LogP contribution >= 0.6 is 0 Å². The monoisotopic (exact) mass is 608 g/mol. The number of rotatable bonds is 7. The Morgan fingerprint density at radius 2 is 1.07 bits per heavy atom. The zero-order valence-corrected chi connectivity index (χ0v) is 22.8. The van der Waals surface area contributed by atoms with Crippen LogP contribution in [0.15, 0.2) is 108 Å². The molecule has 214 valence electrons. The minimum atomic E-state index is -4.54. The predicted molar refractivity (Wildman–Crippen MR) is 153 cm³/mol. The van der Waals surface area contributed by atoms with Crippen LogP contribution in [0, 0.1) is 0 Å². The number of hydrogen-bond acceptors (Lipinski definition) is 11. The van der Waals surface area contributed by atoms with Crippen molar-refractivity contribution >= 4 is 53.2 Å². The van der Waals surface area contributed by atoms with Gasteiger partial charge < -0.3 is 5.11 Å². The lowest BCUT2D eigenvalue weighted by atomic mass is 10.1. The second kappa shape index (κ2) is 10.9. The number of aliphatic hydroxyl groups is 1. The lowest BCUT2D eigenvalue weighted by Crippen LogP contribution is -2.50. The maximum atomic E-state index is 13.2. The fourth-order valence-corrected chi connectivity index (χ4v) is 5.79. The molecule has 13 nitrogen and oxygen atoms in total. The minimum absolute atomic E-state index is 0.168. The van der Waals surface area contributed by atoms with E-state index < -0.39 is 43.1 Å². The van der Waals surface area contributed by atoms with Crippen molar-refractivity contribution in [1.82, 2.24) is 0 Å². The van der Waals surface area contributed by atoms with Crippen LogP contribution < -0.4 is 32.4 Å². The molecule has 0 fully saturated rings. The second-order valence-corrected chi connectivity index (χ2v) is 11.7. The summed E-state index contributed by atoms with van der Waals surface area (Å²) in [6.45, 7) is -0.734. The van der Waals surface area contributed by atoms with Crippen LogP contribution in [0.2, 0.25) is 0 Å². The maximum Gasteiger partial charge on any atom is 0.295 e. The van der Waals surface area contributed by atoms with Gasteiger partial charge in [-0.15, -0.1) is 0 Å². The molecule has 0 spiro atoms. The Bertz CT molecular complexity index is 2350. The lowest BCUT2D eigenvalue weighted by Gasteiger charge is -2.09. The van der Waals surface area contributed by atoms with E-state index in [1.165, 1.54) is 24.3 Å². The van der Waals surface area contributed by atoms with E-state index >= 15 is 0 Å². The van der Waals surface area contributed by atoms with Gasteiger partial charge in [0.05, 0.1) is 18.0 Å². The van der Waals surface area contributed by atoms with Gasteiger partial charge in [0, 0.05) is 27.1 Å². The lowest BCUT2D eigenvalue weighted by molar-refractivity contribution is 0.280. The van der Waals surface area contributed by atoms with Gasteiger partial charge in [-0.3, -0.25) is 29.5 Å². The third kappa shape index (κ3) is 5.41. The first-order chi connectivity index (χ1) is 19.9. The van der Waals surface area contributed by atoms with Crippen LogP contribution in [0.4, 0.5) is 11.4 Å². The molecular weight excluding hydrogens is 588 g/mol. The predicted octanol–water partition coefficient (Wildman–Crippen LogP) is 1.43. The summed E-state index contributed by atoms with van der Waals surface area (Å²) in [5, 5.41) is 17.9. The highest BCUT2D eigenvalue weighted by Crippen LogP contribution is 2.30.